The van der Waals surface area contributed by atoms with Crippen LogP contribution >= 0.6 is 11.6 Å². The molecule has 2 heteroatoms. The Balaban J connectivity index is 2.35. The Labute approximate surface area is 73.1 Å². The topological polar surface area (TPSA) is 17.1 Å². The molecule has 1 aliphatic rings. The van der Waals surface area contributed by atoms with Crippen molar-refractivity contribution in [3.63, 3.8) is 0 Å². The minimum absolute atomic E-state index is 0.257. The highest BCUT2D eigenvalue weighted by molar-refractivity contribution is 6.20. The maximum Gasteiger partial charge on any atom is 0.130 e. The highest BCUT2D eigenvalue weighted by Crippen LogP contribution is 2.30. The molecule has 0 aromatic carbocycles. The van der Waals surface area contributed by atoms with E-state index in [1.54, 1.807) is 6.92 Å². The predicted octanol–water partition coefficient (Wildman–Crippen LogP) is 2.76. The molecule has 2 atom stereocenters. The van der Waals surface area contributed by atoms with Crippen LogP contribution in [0.4, 0.5) is 0 Å². The first-order valence-corrected chi connectivity index (χ1v) is 4.77. The summed E-state index contributed by atoms with van der Waals surface area (Å²) >= 11 is 6.07. The van der Waals surface area contributed by atoms with Crippen LogP contribution in [-0.4, -0.2) is 11.2 Å². The van der Waals surface area contributed by atoms with Gasteiger partial charge in [0.1, 0.15) is 5.78 Å². The minimum Gasteiger partial charge on any atom is -0.300 e. The van der Waals surface area contributed by atoms with Crippen molar-refractivity contribution in [2.24, 2.45) is 5.92 Å². The van der Waals surface area contributed by atoms with Crippen LogP contribution in [0.2, 0.25) is 0 Å². The summed E-state index contributed by atoms with van der Waals surface area (Å²) in [5.41, 5.74) is 0. The maximum atomic E-state index is 10.8. The lowest BCUT2D eigenvalue weighted by Gasteiger charge is -2.25. The fourth-order valence-electron chi connectivity index (χ4n) is 1.76. The second-order valence-electron chi connectivity index (χ2n) is 3.47. The molecule has 1 saturated carbocycles. The van der Waals surface area contributed by atoms with E-state index < -0.39 is 0 Å². The molecule has 0 N–H and O–H groups in total. The average Bonchev–Trinajstić information content (AvgIpc) is 1.93. The predicted molar refractivity (Wildman–Crippen MR) is 46.9 cm³/mol. The number of halogens is 1. The van der Waals surface area contributed by atoms with Gasteiger partial charge < -0.3 is 4.79 Å². The molecule has 11 heavy (non-hydrogen) atoms. The molecular formula is C9H15ClO. The van der Waals surface area contributed by atoms with Crippen molar-refractivity contribution in [3.05, 3.63) is 0 Å². The summed E-state index contributed by atoms with van der Waals surface area (Å²) in [4.78, 5) is 10.8. The molecule has 0 radical (unpaired) electrons. The van der Waals surface area contributed by atoms with Gasteiger partial charge >= 0.3 is 0 Å². The second-order valence-corrected chi connectivity index (χ2v) is 4.03. The lowest BCUT2D eigenvalue weighted by atomic mass is 9.85. The summed E-state index contributed by atoms with van der Waals surface area (Å²) in [5.74, 6) is 0.741. The number of hydrogen-bond donors (Lipinski definition) is 0. The van der Waals surface area contributed by atoms with Gasteiger partial charge in [-0.3, -0.25) is 0 Å². The van der Waals surface area contributed by atoms with E-state index >= 15 is 0 Å². The van der Waals surface area contributed by atoms with Gasteiger partial charge in [0.2, 0.25) is 0 Å². The molecule has 1 fully saturated rings. The first kappa shape index (κ1) is 9.05. The Bertz CT molecular complexity index is 144. The third-order valence-electron chi connectivity index (χ3n) is 2.37. The van der Waals surface area contributed by atoms with E-state index in [1.165, 1.54) is 12.8 Å². The quantitative estimate of drug-likeness (QED) is 0.589. The van der Waals surface area contributed by atoms with Crippen molar-refractivity contribution in [3.8, 4) is 0 Å². The molecule has 0 aromatic rings. The van der Waals surface area contributed by atoms with Crippen molar-refractivity contribution < 1.29 is 4.79 Å². The van der Waals surface area contributed by atoms with Gasteiger partial charge in [-0.2, -0.15) is 0 Å². The second kappa shape index (κ2) is 4.10. The molecule has 0 amide bonds. The van der Waals surface area contributed by atoms with Gasteiger partial charge in [-0.1, -0.05) is 12.8 Å². The van der Waals surface area contributed by atoms with Crippen molar-refractivity contribution in [2.75, 3.05) is 0 Å². The molecule has 1 aliphatic carbocycles. The monoisotopic (exact) mass is 174 g/mol. The minimum atomic E-state index is 0.257. The summed E-state index contributed by atoms with van der Waals surface area (Å²) in [7, 11) is 0. The number of carbonyl (C=O) groups is 1. The molecule has 0 spiro atoms. The van der Waals surface area contributed by atoms with Crippen LogP contribution in [0.25, 0.3) is 0 Å². The van der Waals surface area contributed by atoms with E-state index in [0.717, 1.165) is 12.8 Å². The average molecular weight is 175 g/mol. The molecule has 0 aliphatic heterocycles. The van der Waals surface area contributed by atoms with Gasteiger partial charge in [0, 0.05) is 11.8 Å². The molecule has 0 aromatic heterocycles. The molecule has 1 nitrogen and oxygen atoms in total. The summed E-state index contributed by atoms with van der Waals surface area (Å²) in [5, 5.41) is 0.257. The zero-order valence-electron chi connectivity index (χ0n) is 6.98. The van der Waals surface area contributed by atoms with Crippen molar-refractivity contribution in [1.29, 1.82) is 0 Å². The maximum absolute atomic E-state index is 10.8. The number of hydrogen-bond acceptors (Lipinski definition) is 1. The van der Waals surface area contributed by atoms with Crippen molar-refractivity contribution in [2.45, 2.75) is 44.4 Å². The molecule has 0 bridgehead atoms. The van der Waals surface area contributed by atoms with Crippen molar-refractivity contribution in [1.82, 2.24) is 0 Å². The van der Waals surface area contributed by atoms with Crippen LogP contribution in [0.15, 0.2) is 0 Å². The highest BCUT2D eigenvalue weighted by atomic mass is 35.5. The van der Waals surface area contributed by atoms with Crippen LogP contribution in [0.3, 0.4) is 0 Å². The van der Waals surface area contributed by atoms with Gasteiger partial charge in [-0.25, -0.2) is 0 Å². The lowest BCUT2D eigenvalue weighted by molar-refractivity contribution is -0.118. The largest absolute Gasteiger partial charge is 0.300 e. The summed E-state index contributed by atoms with van der Waals surface area (Å²) in [6.07, 6.45) is 5.42. The number of carbonyl (C=O) groups excluding carboxylic acids is 1. The van der Waals surface area contributed by atoms with Gasteiger partial charge in [-0.05, 0) is 25.7 Å². The van der Waals surface area contributed by atoms with E-state index in [9.17, 15) is 4.79 Å². The Kier molecular flexibility index (Phi) is 3.38. The molecule has 0 heterocycles. The van der Waals surface area contributed by atoms with Gasteiger partial charge in [0.05, 0.1) is 0 Å². The lowest BCUT2D eigenvalue weighted by Crippen LogP contribution is -2.21. The van der Waals surface area contributed by atoms with Crippen LogP contribution in [-0.2, 0) is 4.79 Å². The number of alkyl halides is 1. The van der Waals surface area contributed by atoms with Crippen LogP contribution < -0.4 is 0 Å². The van der Waals surface area contributed by atoms with E-state index in [2.05, 4.69) is 0 Å². The summed E-state index contributed by atoms with van der Waals surface area (Å²) < 4.78 is 0. The molecule has 0 unspecified atom stereocenters. The van der Waals surface area contributed by atoms with Crippen LogP contribution in [0.1, 0.15) is 39.0 Å². The Morgan fingerprint density at radius 3 is 2.64 bits per heavy atom. The first-order valence-electron chi connectivity index (χ1n) is 4.33. The number of rotatable bonds is 2. The zero-order chi connectivity index (χ0) is 8.27. The Morgan fingerprint density at radius 1 is 1.45 bits per heavy atom. The fourth-order valence-corrected chi connectivity index (χ4v) is 2.13. The number of Topliss-reactive ketones (excluding diaryl/α,β-unsaturated/α-hetero) is 1. The number of ketones is 1. The highest BCUT2D eigenvalue weighted by Gasteiger charge is 2.23. The van der Waals surface area contributed by atoms with E-state index in [-0.39, 0.29) is 11.2 Å². The molecular weight excluding hydrogens is 160 g/mol. The summed E-state index contributed by atoms with van der Waals surface area (Å²) in [6.45, 7) is 1.65. The van der Waals surface area contributed by atoms with Crippen LogP contribution in [0, 0.1) is 5.92 Å². The molecule has 0 saturated heterocycles. The van der Waals surface area contributed by atoms with E-state index in [0.29, 0.717) is 12.3 Å². The standard InChI is InChI=1S/C9H15ClO/c1-7(11)6-8-4-2-3-5-9(8)10/h8-9H,2-6H2,1H3/t8-,9+/m0/s1. The Hall–Kier alpha value is -0.0400. The molecule has 64 valence electrons. The third-order valence-corrected chi connectivity index (χ3v) is 2.94. The van der Waals surface area contributed by atoms with Gasteiger partial charge in [-0.15, -0.1) is 11.6 Å². The van der Waals surface area contributed by atoms with Crippen LogP contribution in [0.5, 0.6) is 0 Å². The molecule has 1 rings (SSSR count). The third kappa shape index (κ3) is 2.82. The van der Waals surface area contributed by atoms with Gasteiger partial charge in [0.25, 0.3) is 0 Å². The Morgan fingerprint density at radius 2 is 2.09 bits per heavy atom. The smallest absolute Gasteiger partial charge is 0.130 e. The fraction of sp³-hybridized carbons (Fsp3) is 0.889. The first-order chi connectivity index (χ1) is 5.20. The van der Waals surface area contributed by atoms with Crippen molar-refractivity contribution >= 4 is 17.4 Å². The normalized spacial score (nSPS) is 31.8. The zero-order valence-corrected chi connectivity index (χ0v) is 7.73. The van der Waals surface area contributed by atoms with E-state index in [4.69, 9.17) is 11.6 Å². The SMILES string of the molecule is CC(=O)C[C@@H]1CCCC[C@H]1Cl. The summed E-state index contributed by atoms with van der Waals surface area (Å²) in [6, 6.07) is 0. The van der Waals surface area contributed by atoms with Gasteiger partial charge in [0.15, 0.2) is 0 Å². The van der Waals surface area contributed by atoms with E-state index in [1.807, 2.05) is 0 Å².